The zero-order valence-corrected chi connectivity index (χ0v) is 14.3. The molecule has 0 radical (unpaired) electrons. The predicted molar refractivity (Wildman–Crippen MR) is 101 cm³/mol. The average molecular weight is 342 g/mol. The third-order valence-corrected chi connectivity index (χ3v) is 4.19. The van der Waals surface area contributed by atoms with Crippen molar-refractivity contribution in [1.82, 2.24) is 0 Å². The molecular weight excluding hydrogens is 324 g/mol. The first-order valence-electron chi connectivity index (χ1n) is 8.24. The smallest absolute Gasteiger partial charge is 0.259 e. The van der Waals surface area contributed by atoms with Gasteiger partial charge in [0.25, 0.3) is 5.91 Å². The summed E-state index contributed by atoms with van der Waals surface area (Å²) in [6.07, 6.45) is 0. The second-order valence-corrected chi connectivity index (χ2v) is 6.07. The fraction of sp³-hybridized carbons (Fsp3) is 0.0909. The van der Waals surface area contributed by atoms with Gasteiger partial charge in [-0.3, -0.25) is 4.79 Å². The van der Waals surface area contributed by atoms with Crippen molar-refractivity contribution in [3.8, 4) is 11.8 Å². The monoisotopic (exact) mass is 342 g/mol. The van der Waals surface area contributed by atoms with E-state index in [4.69, 9.17) is 0 Å². The fourth-order valence-electron chi connectivity index (χ4n) is 2.72. The SMILES string of the molecule is Cc1ccc(C(C#N)c2ccc(NC(=O)c3ccccc3O)cc2)cc1. The van der Waals surface area contributed by atoms with E-state index < -0.39 is 0 Å². The lowest BCUT2D eigenvalue weighted by Crippen LogP contribution is -2.12. The Morgan fingerprint density at radius 3 is 2.12 bits per heavy atom. The number of anilines is 1. The Morgan fingerprint density at radius 1 is 0.962 bits per heavy atom. The van der Waals surface area contributed by atoms with Crippen molar-refractivity contribution in [3.05, 3.63) is 95.1 Å². The minimum absolute atomic E-state index is 0.0643. The molecule has 0 saturated heterocycles. The maximum Gasteiger partial charge on any atom is 0.259 e. The second-order valence-electron chi connectivity index (χ2n) is 6.07. The van der Waals surface area contributed by atoms with Gasteiger partial charge >= 0.3 is 0 Å². The summed E-state index contributed by atoms with van der Waals surface area (Å²) in [5.74, 6) is -0.810. The van der Waals surface area contributed by atoms with E-state index >= 15 is 0 Å². The van der Waals surface area contributed by atoms with Crippen LogP contribution in [0.3, 0.4) is 0 Å². The molecule has 0 aromatic heterocycles. The number of para-hydroxylation sites is 1. The molecule has 0 bridgehead atoms. The Labute approximate surface area is 152 Å². The highest BCUT2D eigenvalue weighted by Gasteiger charge is 2.14. The van der Waals surface area contributed by atoms with Crippen LogP contribution in [-0.4, -0.2) is 11.0 Å². The first kappa shape index (κ1) is 17.2. The minimum Gasteiger partial charge on any atom is -0.507 e. The molecule has 0 aliphatic carbocycles. The first-order valence-corrected chi connectivity index (χ1v) is 8.24. The van der Waals surface area contributed by atoms with Crippen molar-refractivity contribution in [3.63, 3.8) is 0 Å². The van der Waals surface area contributed by atoms with Crippen LogP contribution in [0.5, 0.6) is 5.75 Å². The highest BCUT2D eigenvalue weighted by Crippen LogP contribution is 2.26. The number of carbonyl (C=O) groups excluding carboxylic acids is 1. The molecule has 4 heteroatoms. The summed E-state index contributed by atoms with van der Waals surface area (Å²) < 4.78 is 0. The van der Waals surface area contributed by atoms with Crippen molar-refractivity contribution in [2.75, 3.05) is 5.32 Å². The molecule has 3 aromatic rings. The Kier molecular flexibility index (Phi) is 5.00. The minimum atomic E-state index is -0.383. The van der Waals surface area contributed by atoms with Gasteiger partial charge in [-0.05, 0) is 42.3 Å². The van der Waals surface area contributed by atoms with Gasteiger partial charge in [-0.15, -0.1) is 0 Å². The maximum absolute atomic E-state index is 12.2. The summed E-state index contributed by atoms with van der Waals surface area (Å²) in [7, 11) is 0. The molecule has 2 N–H and O–H groups in total. The van der Waals surface area contributed by atoms with Gasteiger partial charge in [0.15, 0.2) is 0 Å². The van der Waals surface area contributed by atoms with Crippen LogP contribution in [0, 0.1) is 18.3 Å². The largest absolute Gasteiger partial charge is 0.507 e. The number of carbonyl (C=O) groups is 1. The number of hydrogen-bond donors (Lipinski definition) is 2. The van der Waals surface area contributed by atoms with Gasteiger partial charge in [0.2, 0.25) is 0 Å². The molecule has 0 heterocycles. The quantitative estimate of drug-likeness (QED) is 0.727. The van der Waals surface area contributed by atoms with Crippen LogP contribution in [0.25, 0.3) is 0 Å². The third-order valence-electron chi connectivity index (χ3n) is 4.19. The van der Waals surface area contributed by atoms with Gasteiger partial charge in [0.05, 0.1) is 17.6 Å². The normalized spacial score (nSPS) is 11.4. The molecule has 1 unspecified atom stereocenters. The van der Waals surface area contributed by atoms with Gasteiger partial charge < -0.3 is 10.4 Å². The summed E-state index contributed by atoms with van der Waals surface area (Å²) in [6, 6.07) is 23.8. The van der Waals surface area contributed by atoms with Gasteiger partial charge in [0.1, 0.15) is 5.75 Å². The number of benzene rings is 3. The lowest BCUT2D eigenvalue weighted by molar-refractivity contribution is 0.102. The van der Waals surface area contributed by atoms with Crippen molar-refractivity contribution in [2.45, 2.75) is 12.8 Å². The third kappa shape index (κ3) is 3.73. The number of rotatable bonds is 4. The number of hydrogen-bond acceptors (Lipinski definition) is 3. The molecule has 0 aliphatic heterocycles. The highest BCUT2D eigenvalue weighted by atomic mass is 16.3. The van der Waals surface area contributed by atoms with Crippen LogP contribution in [0.2, 0.25) is 0 Å². The van der Waals surface area contributed by atoms with Crippen molar-refractivity contribution >= 4 is 11.6 Å². The molecule has 128 valence electrons. The number of nitriles is 1. The highest BCUT2D eigenvalue weighted by molar-refractivity contribution is 6.06. The van der Waals surface area contributed by atoms with E-state index in [1.54, 1.807) is 30.3 Å². The van der Waals surface area contributed by atoms with E-state index in [0.717, 1.165) is 16.7 Å². The van der Waals surface area contributed by atoms with Crippen LogP contribution in [0.1, 0.15) is 33.0 Å². The van der Waals surface area contributed by atoms with Crippen LogP contribution in [-0.2, 0) is 0 Å². The van der Waals surface area contributed by atoms with Gasteiger partial charge in [0, 0.05) is 5.69 Å². The van der Waals surface area contributed by atoms with Gasteiger partial charge in [-0.25, -0.2) is 0 Å². The average Bonchev–Trinajstić information content (AvgIpc) is 2.65. The van der Waals surface area contributed by atoms with Crippen LogP contribution < -0.4 is 5.32 Å². The fourth-order valence-corrected chi connectivity index (χ4v) is 2.72. The van der Waals surface area contributed by atoms with Crippen molar-refractivity contribution in [1.29, 1.82) is 5.26 Å². The number of amides is 1. The van der Waals surface area contributed by atoms with E-state index in [0.29, 0.717) is 5.69 Å². The molecule has 4 nitrogen and oxygen atoms in total. The van der Waals surface area contributed by atoms with Crippen LogP contribution in [0.4, 0.5) is 5.69 Å². The standard InChI is InChI=1S/C22H18N2O2/c1-15-6-8-16(9-7-15)20(14-23)17-10-12-18(13-11-17)24-22(26)19-4-2-3-5-21(19)25/h2-13,20,25H,1H3,(H,24,26). The van der Waals surface area contributed by atoms with E-state index in [9.17, 15) is 15.2 Å². The zero-order valence-electron chi connectivity index (χ0n) is 14.3. The molecule has 1 amide bonds. The molecule has 3 rings (SSSR count). The van der Waals surface area contributed by atoms with E-state index in [2.05, 4.69) is 11.4 Å². The number of aromatic hydroxyl groups is 1. The second kappa shape index (κ2) is 7.54. The summed E-state index contributed by atoms with van der Waals surface area (Å²) in [5, 5.41) is 22.1. The van der Waals surface area contributed by atoms with Crippen molar-refractivity contribution < 1.29 is 9.90 Å². The lowest BCUT2D eigenvalue weighted by Gasteiger charge is -2.12. The van der Waals surface area contributed by atoms with E-state index in [-0.39, 0.29) is 23.1 Å². The van der Waals surface area contributed by atoms with E-state index in [1.807, 2.05) is 43.3 Å². The number of phenolic OH excluding ortho intramolecular Hbond substituents is 1. The Morgan fingerprint density at radius 2 is 1.54 bits per heavy atom. The van der Waals surface area contributed by atoms with Crippen LogP contribution >= 0.6 is 0 Å². The predicted octanol–water partition coefficient (Wildman–Crippen LogP) is 4.61. The van der Waals surface area contributed by atoms with Crippen molar-refractivity contribution in [2.24, 2.45) is 0 Å². The molecule has 0 aliphatic rings. The van der Waals surface area contributed by atoms with E-state index in [1.165, 1.54) is 6.07 Å². The Hall–Kier alpha value is -3.58. The van der Waals surface area contributed by atoms with Crippen LogP contribution in [0.15, 0.2) is 72.8 Å². The molecular formula is C22H18N2O2. The summed E-state index contributed by atoms with van der Waals surface area (Å²) in [5.41, 5.74) is 3.75. The molecule has 0 spiro atoms. The molecule has 1 atom stereocenters. The molecule has 3 aromatic carbocycles. The number of nitrogens with one attached hydrogen (secondary N) is 1. The topological polar surface area (TPSA) is 73.1 Å². The number of nitrogens with zero attached hydrogens (tertiary/aromatic N) is 1. The first-order chi connectivity index (χ1) is 12.6. The lowest BCUT2D eigenvalue weighted by atomic mass is 9.92. The summed E-state index contributed by atoms with van der Waals surface area (Å²) >= 11 is 0. The molecule has 0 fully saturated rings. The number of aryl methyl sites for hydroxylation is 1. The number of phenols is 1. The maximum atomic E-state index is 12.2. The van der Waals surface area contributed by atoms with Gasteiger partial charge in [-0.1, -0.05) is 54.1 Å². The summed E-state index contributed by atoms with van der Waals surface area (Å²) in [6.45, 7) is 2.01. The summed E-state index contributed by atoms with van der Waals surface area (Å²) in [4.78, 5) is 12.2. The Bertz CT molecular complexity index is 955. The Balaban J connectivity index is 1.77. The zero-order chi connectivity index (χ0) is 18.5. The molecule has 0 saturated carbocycles. The van der Waals surface area contributed by atoms with Gasteiger partial charge in [-0.2, -0.15) is 5.26 Å². The molecule has 26 heavy (non-hydrogen) atoms.